The highest BCUT2D eigenvalue weighted by molar-refractivity contribution is 5.89. The molecule has 0 radical (unpaired) electrons. The van der Waals surface area contributed by atoms with Crippen molar-refractivity contribution in [3.8, 4) is 6.07 Å². The van der Waals surface area contributed by atoms with Gasteiger partial charge in [0.25, 0.3) is 0 Å². The monoisotopic (exact) mass is 277 g/mol. The van der Waals surface area contributed by atoms with Gasteiger partial charge in [0.1, 0.15) is 6.61 Å². The number of aryl methyl sites for hydroxylation is 2. The normalized spacial score (nSPS) is 12.5. The van der Waals surface area contributed by atoms with Gasteiger partial charge in [0, 0.05) is 0 Å². The topological polar surface area (TPSA) is 50.1 Å². The lowest BCUT2D eigenvalue weighted by molar-refractivity contribution is 0.0472. The first-order chi connectivity index (χ1) is 10.3. The van der Waals surface area contributed by atoms with Crippen LogP contribution in [0, 0.1) is 11.3 Å². The van der Waals surface area contributed by atoms with E-state index in [-0.39, 0.29) is 12.6 Å². The maximum Gasteiger partial charge on any atom is 0.338 e. The standard InChI is InChI=1S/C18H15NO2/c19-11-13-4-6-14(7-5-13)12-21-18(20)17-9-8-15-2-1-3-16(15)10-17/h4-10H,1-3,12H2. The largest absolute Gasteiger partial charge is 0.457 e. The quantitative estimate of drug-likeness (QED) is 0.808. The average molecular weight is 277 g/mol. The van der Waals surface area contributed by atoms with E-state index in [2.05, 4.69) is 6.07 Å². The first-order valence-corrected chi connectivity index (χ1v) is 7.04. The van der Waals surface area contributed by atoms with Crippen LogP contribution in [-0.2, 0) is 24.2 Å². The summed E-state index contributed by atoms with van der Waals surface area (Å²) in [6, 6.07) is 14.9. The summed E-state index contributed by atoms with van der Waals surface area (Å²) >= 11 is 0. The molecule has 0 spiro atoms. The van der Waals surface area contributed by atoms with Gasteiger partial charge < -0.3 is 4.74 Å². The van der Waals surface area contributed by atoms with Crippen LogP contribution < -0.4 is 0 Å². The van der Waals surface area contributed by atoms with Crippen LogP contribution >= 0.6 is 0 Å². The summed E-state index contributed by atoms with van der Waals surface area (Å²) in [5.74, 6) is -0.297. The van der Waals surface area contributed by atoms with Crippen LogP contribution in [0.4, 0.5) is 0 Å². The van der Waals surface area contributed by atoms with Gasteiger partial charge in [-0.25, -0.2) is 4.79 Å². The van der Waals surface area contributed by atoms with E-state index in [1.165, 1.54) is 17.5 Å². The summed E-state index contributed by atoms with van der Waals surface area (Å²) in [7, 11) is 0. The molecule has 0 saturated heterocycles. The Balaban J connectivity index is 1.65. The first-order valence-electron chi connectivity index (χ1n) is 7.04. The molecule has 0 aromatic heterocycles. The van der Waals surface area contributed by atoms with E-state index in [1.54, 1.807) is 24.3 Å². The maximum atomic E-state index is 12.1. The Morgan fingerprint density at radius 2 is 1.86 bits per heavy atom. The molecule has 3 nitrogen and oxygen atoms in total. The molecule has 2 aromatic rings. The molecule has 104 valence electrons. The Kier molecular flexibility index (Phi) is 3.70. The van der Waals surface area contributed by atoms with Gasteiger partial charge in [0.15, 0.2) is 0 Å². The van der Waals surface area contributed by atoms with E-state index in [0.717, 1.165) is 18.4 Å². The van der Waals surface area contributed by atoms with Crippen LogP contribution in [0.25, 0.3) is 0 Å². The number of hydrogen-bond donors (Lipinski definition) is 0. The van der Waals surface area contributed by atoms with Crippen molar-refractivity contribution in [3.05, 3.63) is 70.3 Å². The SMILES string of the molecule is N#Cc1ccc(COC(=O)c2ccc3c(c2)CCC3)cc1. The third kappa shape index (κ3) is 2.95. The van der Waals surface area contributed by atoms with Gasteiger partial charge >= 0.3 is 5.97 Å². The van der Waals surface area contributed by atoms with Crippen molar-refractivity contribution < 1.29 is 9.53 Å². The van der Waals surface area contributed by atoms with E-state index in [1.807, 2.05) is 18.2 Å². The summed E-state index contributed by atoms with van der Waals surface area (Å²) < 4.78 is 5.33. The molecule has 0 unspecified atom stereocenters. The van der Waals surface area contributed by atoms with E-state index < -0.39 is 0 Å². The average Bonchev–Trinajstić information content (AvgIpc) is 3.00. The molecule has 1 aliphatic carbocycles. The molecule has 1 aliphatic rings. The van der Waals surface area contributed by atoms with Gasteiger partial charge in [0.2, 0.25) is 0 Å². The van der Waals surface area contributed by atoms with Crippen molar-refractivity contribution in [1.29, 1.82) is 5.26 Å². The van der Waals surface area contributed by atoms with Crippen LogP contribution in [0.1, 0.15) is 39.0 Å². The summed E-state index contributed by atoms with van der Waals surface area (Å²) in [6.45, 7) is 0.224. The molecule has 0 fully saturated rings. The molecule has 0 atom stereocenters. The van der Waals surface area contributed by atoms with Gasteiger partial charge in [-0.1, -0.05) is 18.2 Å². The fourth-order valence-corrected chi connectivity index (χ4v) is 2.61. The highest BCUT2D eigenvalue weighted by Crippen LogP contribution is 2.23. The number of benzene rings is 2. The van der Waals surface area contributed by atoms with Crippen LogP contribution in [-0.4, -0.2) is 5.97 Å². The Bertz CT molecular complexity index is 711. The van der Waals surface area contributed by atoms with E-state index >= 15 is 0 Å². The van der Waals surface area contributed by atoms with Crippen LogP contribution in [0.2, 0.25) is 0 Å². The van der Waals surface area contributed by atoms with Crippen molar-refractivity contribution >= 4 is 5.97 Å². The minimum Gasteiger partial charge on any atom is -0.457 e. The zero-order chi connectivity index (χ0) is 14.7. The highest BCUT2D eigenvalue weighted by Gasteiger charge is 2.14. The fourth-order valence-electron chi connectivity index (χ4n) is 2.61. The summed E-state index contributed by atoms with van der Waals surface area (Å²) in [5, 5.41) is 8.74. The second kappa shape index (κ2) is 5.80. The van der Waals surface area contributed by atoms with Gasteiger partial charge in [-0.05, 0) is 60.2 Å². The molecule has 3 rings (SSSR count). The second-order valence-corrected chi connectivity index (χ2v) is 5.22. The predicted molar refractivity (Wildman–Crippen MR) is 78.7 cm³/mol. The number of esters is 1. The van der Waals surface area contributed by atoms with Crippen LogP contribution in [0.3, 0.4) is 0 Å². The lowest BCUT2D eigenvalue weighted by Gasteiger charge is -2.07. The van der Waals surface area contributed by atoms with Crippen molar-refractivity contribution in [3.63, 3.8) is 0 Å². The smallest absolute Gasteiger partial charge is 0.338 e. The number of nitriles is 1. The third-order valence-corrected chi connectivity index (χ3v) is 3.79. The van der Waals surface area contributed by atoms with E-state index in [9.17, 15) is 4.79 Å². The Morgan fingerprint density at radius 1 is 1.10 bits per heavy atom. The molecule has 2 aromatic carbocycles. The van der Waals surface area contributed by atoms with E-state index in [0.29, 0.717) is 11.1 Å². The Hall–Kier alpha value is -2.60. The van der Waals surface area contributed by atoms with Crippen molar-refractivity contribution in [2.75, 3.05) is 0 Å². The predicted octanol–water partition coefficient (Wildman–Crippen LogP) is 3.40. The maximum absolute atomic E-state index is 12.1. The number of rotatable bonds is 3. The number of nitrogens with zero attached hydrogens (tertiary/aromatic N) is 1. The van der Waals surface area contributed by atoms with Gasteiger partial charge in [-0.3, -0.25) is 0 Å². The van der Waals surface area contributed by atoms with Gasteiger partial charge in [-0.15, -0.1) is 0 Å². The molecule has 21 heavy (non-hydrogen) atoms. The summed E-state index contributed by atoms with van der Waals surface area (Å²) in [5.41, 5.74) is 4.71. The zero-order valence-corrected chi connectivity index (χ0v) is 11.6. The molecular weight excluding hydrogens is 262 g/mol. The van der Waals surface area contributed by atoms with Crippen molar-refractivity contribution in [2.24, 2.45) is 0 Å². The van der Waals surface area contributed by atoms with Gasteiger partial charge in [-0.2, -0.15) is 5.26 Å². The number of fused-ring (bicyclic) bond motifs is 1. The molecule has 0 heterocycles. The summed E-state index contributed by atoms with van der Waals surface area (Å²) in [6.07, 6.45) is 3.32. The third-order valence-electron chi connectivity index (χ3n) is 3.79. The zero-order valence-electron chi connectivity index (χ0n) is 11.6. The molecule has 0 aliphatic heterocycles. The number of ether oxygens (including phenoxy) is 1. The van der Waals surface area contributed by atoms with Crippen LogP contribution in [0.15, 0.2) is 42.5 Å². The number of carbonyl (C=O) groups is 1. The lowest BCUT2D eigenvalue weighted by atomic mass is 10.1. The molecular formula is C18H15NO2. The lowest BCUT2D eigenvalue weighted by Crippen LogP contribution is -2.06. The molecule has 0 amide bonds. The molecule has 0 bridgehead atoms. The van der Waals surface area contributed by atoms with Gasteiger partial charge in [0.05, 0.1) is 17.2 Å². The second-order valence-electron chi connectivity index (χ2n) is 5.22. The molecule has 3 heteroatoms. The number of carbonyl (C=O) groups excluding carboxylic acids is 1. The fraction of sp³-hybridized carbons (Fsp3) is 0.222. The van der Waals surface area contributed by atoms with E-state index in [4.69, 9.17) is 10.00 Å². The number of hydrogen-bond acceptors (Lipinski definition) is 3. The van der Waals surface area contributed by atoms with Crippen molar-refractivity contribution in [2.45, 2.75) is 25.9 Å². The van der Waals surface area contributed by atoms with Crippen LogP contribution in [0.5, 0.6) is 0 Å². The minimum atomic E-state index is -0.297. The minimum absolute atomic E-state index is 0.224. The summed E-state index contributed by atoms with van der Waals surface area (Å²) in [4.78, 5) is 12.1. The van der Waals surface area contributed by atoms with Crippen molar-refractivity contribution in [1.82, 2.24) is 0 Å². The Labute approximate surface area is 123 Å². The first kappa shape index (κ1) is 13.4. The highest BCUT2D eigenvalue weighted by atomic mass is 16.5. The Morgan fingerprint density at radius 3 is 2.62 bits per heavy atom. The molecule has 0 N–H and O–H groups in total. The molecule has 0 saturated carbocycles.